The highest BCUT2D eigenvalue weighted by Gasteiger charge is 2.34. The first-order valence-electron chi connectivity index (χ1n) is 10.6. The van der Waals surface area contributed by atoms with E-state index in [4.69, 9.17) is 0 Å². The van der Waals surface area contributed by atoms with Crippen molar-refractivity contribution >= 4 is 39.0 Å². The minimum atomic E-state index is -4.01. The predicted molar refractivity (Wildman–Crippen MR) is 126 cm³/mol. The first kappa shape index (κ1) is 19.9. The molecule has 0 saturated carbocycles. The van der Waals surface area contributed by atoms with Crippen LogP contribution in [0.5, 0.6) is 0 Å². The van der Waals surface area contributed by atoms with Gasteiger partial charge in [-0.05, 0) is 30.0 Å². The Morgan fingerprint density at radius 3 is 2.48 bits per heavy atom. The molecule has 0 bridgehead atoms. The number of carbonyl (C=O) groups is 1. The van der Waals surface area contributed by atoms with E-state index in [0.29, 0.717) is 44.9 Å². The van der Waals surface area contributed by atoms with Crippen LogP contribution in [0.2, 0.25) is 0 Å². The number of nitrogens with one attached hydrogen (secondary N) is 1. The van der Waals surface area contributed by atoms with Crippen LogP contribution in [0, 0.1) is 5.92 Å². The summed E-state index contributed by atoms with van der Waals surface area (Å²) < 4.78 is 31.4. The SMILES string of the molecule is CC1C=c2c3c(c(C4=NS(=O)(=O)c5ccccc5N4)c(=O)n2C)-c2ccccc2C(=O)C=3C1. The summed E-state index contributed by atoms with van der Waals surface area (Å²) >= 11 is 0. The van der Waals surface area contributed by atoms with Gasteiger partial charge in [-0.1, -0.05) is 49.4 Å². The van der Waals surface area contributed by atoms with Gasteiger partial charge in [0, 0.05) is 34.3 Å². The average molecular weight is 458 g/mol. The molecule has 1 aliphatic heterocycles. The molecule has 1 N–H and O–H groups in total. The number of sulfonamides is 1. The quantitative estimate of drug-likeness (QED) is 0.601. The maximum absolute atomic E-state index is 13.7. The summed E-state index contributed by atoms with van der Waals surface area (Å²) in [5, 5.41) is 4.43. The Labute approximate surface area is 189 Å². The van der Waals surface area contributed by atoms with Crippen LogP contribution in [0.1, 0.15) is 29.3 Å². The summed E-state index contributed by atoms with van der Waals surface area (Å²) in [5.74, 6) is -0.00181. The third-order valence-electron chi connectivity index (χ3n) is 6.49. The number of ketones is 1. The molecule has 3 aromatic rings. The summed E-state index contributed by atoms with van der Waals surface area (Å²) in [6.07, 6.45) is 2.54. The number of carbonyl (C=O) groups excluding carboxylic acids is 1. The Morgan fingerprint density at radius 2 is 1.70 bits per heavy atom. The lowest BCUT2D eigenvalue weighted by Crippen LogP contribution is -2.51. The van der Waals surface area contributed by atoms with Crippen molar-refractivity contribution in [3.63, 3.8) is 0 Å². The van der Waals surface area contributed by atoms with Gasteiger partial charge in [0.15, 0.2) is 11.6 Å². The van der Waals surface area contributed by atoms with Crippen LogP contribution in [0.3, 0.4) is 0 Å². The smallest absolute Gasteiger partial charge is 0.286 e. The van der Waals surface area contributed by atoms with Crippen LogP contribution >= 0.6 is 0 Å². The number of rotatable bonds is 1. The number of anilines is 1. The van der Waals surface area contributed by atoms with Crippen LogP contribution in [-0.4, -0.2) is 24.6 Å². The lowest BCUT2D eigenvalue weighted by Gasteiger charge is -2.27. The van der Waals surface area contributed by atoms with E-state index in [2.05, 4.69) is 9.71 Å². The molecule has 0 fully saturated rings. The van der Waals surface area contributed by atoms with Gasteiger partial charge >= 0.3 is 0 Å². The number of fused-ring (bicyclic) bond motifs is 3. The molecule has 0 spiro atoms. The third kappa shape index (κ3) is 2.67. The summed E-state index contributed by atoms with van der Waals surface area (Å²) in [7, 11) is -2.37. The van der Waals surface area contributed by atoms with E-state index < -0.39 is 10.0 Å². The average Bonchev–Trinajstić information content (AvgIpc) is 2.79. The van der Waals surface area contributed by atoms with Gasteiger partial charge in [-0.3, -0.25) is 9.59 Å². The van der Waals surface area contributed by atoms with E-state index in [0.717, 1.165) is 0 Å². The molecule has 0 radical (unpaired) electrons. The summed E-state index contributed by atoms with van der Waals surface area (Å²) in [5.41, 5.74) is 2.45. The Bertz CT molecular complexity index is 1750. The molecular weight excluding hydrogens is 438 g/mol. The molecule has 2 aromatic carbocycles. The topological polar surface area (TPSA) is 97.6 Å². The largest absolute Gasteiger partial charge is 0.338 e. The van der Waals surface area contributed by atoms with Crippen molar-refractivity contribution in [2.75, 3.05) is 5.32 Å². The number of nitrogens with zero attached hydrogens (tertiary/aromatic N) is 2. The van der Waals surface area contributed by atoms with Gasteiger partial charge in [0.25, 0.3) is 15.6 Å². The van der Waals surface area contributed by atoms with Crippen molar-refractivity contribution in [3.05, 3.63) is 80.6 Å². The molecule has 3 aliphatic rings. The molecule has 1 unspecified atom stereocenters. The molecule has 33 heavy (non-hydrogen) atoms. The van der Waals surface area contributed by atoms with Crippen molar-refractivity contribution in [1.29, 1.82) is 0 Å². The molecular formula is C25H19N3O4S. The number of para-hydroxylation sites is 1. The minimum absolute atomic E-state index is 0.0331. The lowest BCUT2D eigenvalue weighted by atomic mass is 9.79. The van der Waals surface area contributed by atoms with Crippen molar-refractivity contribution < 1.29 is 13.2 Å². The Hall–Kier alpha value is -3.78. The fourth-order valence-corrected chi connectivity index (χ4v) is 6.16. The Morgan fingerprint density at radius 1 is 1.00 bits per heavy atom. The van der Waals surface area contributed by atoms with Gasteiger partial charge in [-0.15, -0.1) is 4.40 Å². The summed E-state index contributed by atoms with van der Waals surface area (Å²) in [6.45, 7) is 2.01. The lowest BCUT2D eigenvalue weighted by molar-refractivity contribution is 0.105. The van der Waals surface area contributed by atoms with Crippen LogP contribution < -0.4 is 21.4 Å². The van der Waals surface area contributed by atoms with Crippen LogP contribution in [0.15, 0.2) is 62.6 Å². The second kappa shape index (κ2) is 6.62. The number of Topliss-reactive ketones (excluding diaryl/α,β-unsaturated/α-hetero) is 1. The summed E-state index contributed by atoms with van der Waals surface area (Å²) in [4.78, 5) is 27.2. The maximum atomic E-state index is 13.7. The highest BCUT2D eigenvalue weighted by molar-refractivity contribution is 7.90. The zero-order chi connectivity index (χ0) is 23.1. The molecule has 1 atom stereocenters. The standard InChI is InChI=1S/C25H19N3O4S/c1-13-11-16-20-18(12-13)28(2)25(30)22(21(20)14-7-3-4-8-15(14)23(16)29)24-26-17-9-5-6-10-19(17)33(31,32)27-24/h3-10,12-13H,11H2,1-2H3,(H,26,27). The molecule has 0 amide bonds. The second-order valence-corrected chi connectivity index (χ2v) is 10.2. The van der Waals surface area contributed by atoms with Gasteiger partial charge in [0.1, 0.15) is 4.90 Å². The number of benzene rings is 2. The molecule has 6 rings (SSSR count). The number of hydrogen-bond acceptors (Lipinski definition) is 5. The number of aromatic nitrogens is 1. The van der Waals surface area contributed by atoms with Gasteiger partial charge < -0.3 is 9.88 Å². The highest BCUT2D eigenvalue weighted by atomic mass is 32.2. The molecule has 8 heteroatoms. The van der Waals surface area contributed by atoms with Gasteiger partial charge in [0.05, 0.1) is 11.3 Å². The van der Waals surface area contributed by atoms with E-state index >= 15 is 0 Å². The summed E-state index contributed by atoms with van der Waals surface area (Å²) in [6, 6.07) is 13.6. The Balaban J connectivity index is 1.80. The van der Waals surface area contributed by atoms with Crippen molar-refractivity contribution in [2.24, 2.45) is 17.4 Å². The van der Waals surface area contributed by atoms with Gasteiger partial charge in [0.2, 0.25) is 0 Å². The normalized spacial score (nSPS) is 19.5. The number of hydrogen-bond donors (Lipinski definition) is 1. The number of pyridine rings is 1. The van der Waals surface area contributed by atoms with E-state index in [1.54, 1.807) is 43.4 Å². The number of amidine groups is 1. The molecule has 0 saturated heterocycles. The molecule has 1 aromatic heterocycles. The zero-order valence-corrected chi connectivity index (χ0v) is 18.7. The van der Waals surface area contributed by atoms with E-state index in [-0.39, 0.29) is 33.6 Å². The Kier molecular flexibility index (Phi) is 3.98. The van der Waals surface area contributed by atoms with Gasteiger partial charge in [-0.25, -0.2) is 0 Å². The molecule has 2 heterocycles. The van der Waals surface area contributed by atoms with Crippen LogP contribution in [-0.2, 0) is 17.1 Å². The van der Waals surface area contributed by atoms with Gasteiger partial charge in [-0.2, -0.15) is 8.42 Å². The van der Waals surface area contributed by atoms with E-state index in [1.807, 2.05) is 19.1 Å². The monoisotopic (exact) mass is 457 g/mol. The highest BCUT2D eigenvalue weighted by Crippen LogP contribution is 2.34. The van der Waals surface area contributed by atoms with Crippen LogP contribution in [0.4, 0.5) is 5.69 Å². The maximum Gasteiger partial charge on any atom is 0.286 e. The first-order chi connectivity index (χ1) is 15.8. The zero-order valence-electron chi connectivity index (χ0n) is 17.9. The molecule has 164 valence electrons. The van der Waals surface area contributed by atoms with Crippen molar-refractivity contribution in [1.82, 2.24) is 4.57 Å². The first-order valence-corrected chi connectivity index (χ1v) is 12.1. The van der Waals surface area contributed by atoms with Crippen LogP contribution in [0.25, 0.3) is 22.8 Å². The van der Waals surface area contributed by atoms with E-state index in [9.17, 15) is 18.0 Å². The minimum Gasteiger partial charge on any atom is -0.338 e. The molecule has 7 nitrogen and oxygen atoms in total. The van der Waals surface area contributed by atoms with Crippen molar-refractivity contribution in [2.45, 2.75) is 18.2 Å². The van der Waals surface area contributed by atoms with Crippen molar-refractivity contribution in [3.8, 4) is 11.1 Å². The second-order valence-electron chi connectivity index (χ2n) is 8.61. The molecule has 2 aliphatic carbocycles. The van der Waals surface area contributed by atoms with E-state index in [1.165, 1.54) is 10.6 Å². The third-order valence-corrected chi connectivity index (χ3v) is 7.82. The predicted octanol–water partition coefficient (Wildman–Crippen LogP) is 1.78. The fraction of sp³-hybridized carbons (Fsp3) is 0.160. The fourth-order valence-electron chi connectivity index (χ4n) is 5.04.